The molecule has 0 atom stereocenters. The van der Waals surface area contributed by atoms with E-state index in [2.05, 4.69) is 4.98 Å². The Morgan fingerprint density at radius 3 is 2.40 bits per heavy atom. The largest absolute Gasteiger partial charge is 0.391 e. The Morgan fingerprint density at radius 2 is 1.90 bits per heavy atom. The van der Waals surface area contributed by atoms with E-state index in [1.807, 2.05) is 0 Å². The lowest BCUT2D eigenvalue weighted by Crippen LogP contribution is -2.42. The second-order valence-electron chi connectivity index (χ2n) is 4.56. The molecular formula is C12H15ClF3N3O. The van der Waals surface area contributed by atoms with Crippen molar-refractivity contribution >= 4 is 24.1 Å². The second kappa shape index (κ2) is 6.30. The third kappa shape index (κ3) is 3.75. The Balaban J connectivity index is 0.00000200. The summed E-state index contributed by atoms with van der Waals surface area (Å²) in [6, 6.07) is 4.65. The lowest BCUT2D eigenvalue weighted by Gasteiger charge is -2.32. The summed E-state index contributed by atoms with van der Waals surface area (Å²) in [4.78, 5) is 17.3. The number of nitrogens with two attached hydrogens (primary N) is 1. The van der Waals surface area contributed by atoms with E-state index in [1.54, 1.807) is 12.1 Å². The van der Waals surface area contributed by atoms with Gasteiger partial charge in [0.1, 0.15) is 11.5 Å². The smallest absolute Gasteiger partial charge is 0.384 e. The van der Waals surface area contributed by atoms with E-state index < -0.39 is 12.1 Å². The zero-order valence-electron chi connectivity index (χ0n) is 10.6. The fraction of sp³-hybridized carbons (Fsp3) is 0.500. The van der Waals surface area contributed by atoms with Gasteiger partial charge in [-0.2, -0.15) is 13.2 Å². The van der Waals surface area contributed by atoms with Gasteiger partial charge in [-0.1, -0.05) is 6.07 Å². The maximum Gasteiger partial charge on any atom is 0.391 e. The number of aromatic nitrogens is 1. The zero-order chi connectivity index (χ0) is 14.0. The number of alkyl halides is 3. The van der Waals surface area contributed by atoms with Crippen LogP contribution in [0, 0.1) is 5.92 Å². The van der Waals surface area contributed by atoms with Gasteiger partial charge in [0, 0.05) is 13.1 Å². The van der Waals surface area contributed by atoms with Crippen molar-refractivity contribution in [1.29, 1.82) is 0 Å². The number of carbonyl (C=O) groups is 1. The first-order chi connectivity index (χ1) is 8.88. The molecule has 1 saturated heterocycles. The number of anilines is 1. The maximum atomic E-state index is 12.5. The number of hydrogen-bond acceptors (Lipinski definition) is 3. The first-order valence-corrected chi connectivity index (χ1v) is 5.96. The van der Waals surface area contributed by atoms with Crippen LogP contribution in [0.4, 0.5) is 19.0 Å². The van der Waals surface area contributed by atoms with Crippen LogP contribution in [0.2, 0.25) is 0 Å². The summed E-state index contributed by atoms with van der Waals surface area (Å²) in [5.41, 5.74) is 5.65. The molecule has 0 aliphatic carbocycles. The van der Waals surface area contributed by atoms with Crippen LogP contribution in [0.1, 0.15) is 23.3 Å². The highest BCUT2D eigenvalue weighted by molar-refractivity contribution is 5.92. The average Bonchev–Trinajstić information content (AvgIpc) is 2.37. The number of halogens is 4. The van der Waals surface area contributed by atoms with Crippen LogP contribution in [0.25, 0.3) is 0 Å². The summed E-state index contributed by atoms with van der Waals surface area (Å²) in [6.07, 6.45) is -4.29. The minimum atomic E-state index is -4.18. The van der Waals surface area contributed by atoms with Crippen molar-refractivity contribution in [3.63, 3.8) is 0 Å². The number of pyridine rings is 1. The van der Waals surface area contributed by atoms with Crippen LogP contribution in [0.15, 0.2) is 18.2 Å². The summed E-state index contributed by atoms with van der Waals surface area (Å²) in [6.45, 7) is 0.193. The van der Waals surface area contributed by atoms with E-state index in [1.165, 1.54) is 11.0 Å². The standard InChI is InChI=1S/C12H14F3N3O.ClH/c13-12(14,15)8-4-6-18(7-5-8)11(19)9-2-1-3-10(16)17-9;/h1-3,8H,4-7H2,(H2,16,17);1H. The van der Waals surface area contributed by atoms with E-state index in [9.17, 15) is 18.0 Å². The van der Waals surface area contributed by atoms with Crippen LogP contribution < -0.4 is 5.73 Å². The highest BCUT2D eigenvalue weighted by Gasteiger charge is 2.41. The van der Waals surface area contributed by atoms with Gasteiger partial charge < -0.3 is 10.6 Å². The van der Waals surface area contributed by atoms with Gasteiger partial charge in [-0.05, 0) is 25.0 Å². The van der Waals surface area contributed by atoms with Gasteiger partial charge in [0.2, 0.25) is 0 Å². The quantitative estimate of drug-likeness (QED) is 0.867. The number of nitrogens with zero attached hydrogens (tertiary/aromatic N) is 2. The average molecular weight is 310 g/mol. The van der Waals surface area contributed by atoms with Crippen molar-refractivity contribution in [3.8, 4) is 0 Å². The number of piperidine rings is 1. The van der Waals surface area contributed by atoms with Crippen molar-refractivity contribution < 1.29 is 18.0 Å². The predicted molar refractivity (Wildman–Crippen MR) is 70.6 cm³/mol. The lowest BCUT2D eigenvalue weighted by atomic mass is 9.96. The molecule has 2 heterocycles. The highest BCUT2D eigenvalue weighted by atomic mass is 35.5. The molecule has 0 bridgehead atoms. The van der Waals surface area contributed by atoms with Gasteiger partial charge in [0.05, 0.1) is 5.92 Å². The molecule has 20 heavy (non-hydrogen) atoms. The number of hydrogen-bond donors (Lipinski definition) is 1. The first-order valence-electron chi connectivity index (χ1n) is 5.96. The highest BCUT2D eigenvalue weighted by Crippen LogP contribution is 2.34. The van der Waals surface area contributed by atoms with Crippen molar-refractivity contribution in [1.82, 2.24) is 9.88 Å². The van der Waals surface area contributed by atoms with Gasteiger partial charge in [-0.3, -0.25) is 4.79 Å². The molecule has 0 unspecified atom stereocenters. The third-order valence-corrected chi connectivity index (χ3v) is 3.23. The molecule has 1 aromatic heterocycles. The van der Waals surface area contributed by atoms with E-state index in [0.29, 0.717) is 0 Å². The molecule has 4 nitrogen and oxygen atoms in total. The topological polar surface area (TPSA) is 59.2 Å². The molecule has 1 aliphatic heterocycles. The minimum absolute atomic E-state index is 0. The summed E-state index contributed by atoms with van der Waals surface area (Å²) >= 11 is 0. The van der Waals surface area contributed by atoms with Crippen LogP contribution in [0.5, 0.6) is 0 Å². The van der Waals surface area contributed by atoms with E-state index in [-0.39, 0.29) is 55.8 Å². The van der Waals surface area contributed by atoms with Crippen molar-refractivity contribution in [2.75, 3.05) is 18.8 Å². The van der Waals surface area contributed by atoms with E-state index in [4.69, 9.17) is 5.73 Å². The monoisotopic (exact) mass is 309 g/mol. The number of amides is 1. The molecule has 0 radical (unpaired) electrons. The molecule has 8 heteroatoms. The van der Waals surface area contributed by atoms with Crippen LogP contribution in [0.3, 0.4) is 0 Å². The van der Waals surface area contributed by atoms with Crippen LogP contribution >= 0.6 is 12.4 Å². The van der Waals surface area contributed by atoms with Crippen molar-refractivity contribution in [2.24, 2.45) is 5.92 Å². The molecule has 1 aliphatic rings. The molecule has 0 spiro atoms. The predicted octanol–water partition coefficient (Wildman–Crippen LogP) is 2.50. The Morgan fingerprint density at radius 1 is 1.30 bits per heavy atom. The molecule has 1 fully saturated rings. The summed E-state index contributed by atoms with van der Waals surface area (Å²) < 4.78 is 37.5. The number of carbonyl (C=O) groups excluding carboxylic acids is 1. The number of likely N-dealkylation sites (tertiary alicyclic amines) is 1. The van der Waals surface area contributed by atoms with E-state index >= 15 is 0 Å². The molecular weight excluding hydrogens is 295 g/mol. The summed E-state index contributed by atoms with van der Waals surface area (Å²) in [5.74, 6) is -1.46. The third-order valence-electron chi connectivity index (χ3n) is 3.23. The molecule has 0 aromatic carbocycles. The molecule has 1 aromatic rings. The van der Waals surface area contributed by atoms with Crippen molar-refractivity contribution in [3.05, 3.63) is 23.9 Å². The minimum Gasteiger partial charge on any atom is -0.384 e. The molecule has 2 N–H and O–H groups in total. The Kier molecular flexibility index (Phi) is 5.21. The summed E-state index contributed by atoms with van der Waals surface area (Å²) in [5, 5.41) is 0. The van der Waals surface area contributed by atoms with Gasteiger partial charge in [0.15, 0.2) is 0 Å². The first kappa shape index (κ1) is 16.6. The summed E-state index contributed by atoms with van der Waals surface area (Å²) in [7, 11) is 0. The van der Waals surface area contributed by atoms with Gasteiger partial charge in [0.25, 0.3) is 5.91 Å². The number of nitrogen functional groups attached to an aromatic ring is 1. The fourth-order valence-corrected chi connectivity index (χ4v) is 2.14. The molecule has 112 valence electrons. The Bertz CT molecular complexity index is 473. The van der Waals surface area contributed by atoms with Crippen LogP contribution in [-0.2, 0) is 0 Å². The normalized spacial score (nSPS) is 16.6. The zero-order valence-corrected chi connectivity index (χ0v) is 11.4. The number of rotatable bonds is 1. The Labute approximate surface area is 120 Å². The van der Waals surface area contributed by atoms with Gasteiger partial charge in [-0.25, -0.2) is 4.98 Å². The SMILES string of the molecule is Cl.Nc1cccc(C(=O)N2CCC(C(F)(F)F)CC2)n1. The lowest BCUT2D eigenvalue weighted by molar-refractivity contribution is -0.183. The Hall–Kier alpha value is -1.50. The second-order valence-corrected chi connectivity index (χ2v) is 4.56. The van der Waals surface area contributed by atoms with E-state index in [0.717, 1.165) is 0 Å². The maximum absolute atomic E-state index is 12.5. The van der Waals surface area contributed by atoms with Gasteiger partial charge in [-0.15, -0.1) is 12.4 Å². The van der Waals surface area contributed by atoms with Crippen LogP contribution in [-0.4, -0.2) is 35.1 Å². The van der Waals surface area contributed by atoms with Gasteiger partial charge >= 0.3 is 6.18 Å². The molecule has 2 rings (SSSR count). The molecule has 0 saturated carbocycles. The van der Waals surface area contributed by atoms with Crippen molar-refractivity contribution in [2.45, 2.75) is 19.0 Å². The fourth-order valence-electron chi connectivity index (χ4n) is 2.14. The molecule has 1 amide bonds.